The van der Waals surface area contributed by atoms with Gasteiger partial charge in [-0.3, -0.25) is 0 Å². The Bertz CT molecular complexity index is 985. The van der Waals surface area contributed by atoms with E-state index >= 15 is 0 Å². The molecule has 0 unspecified atom stereocenters. The second-order valence-electron chi connectivity index (χ2n) is 5.89. The molecule has 0 heterocycles. The van der Waals surface area contributed by atoms with E-state index in [1.165, 1.54) is 38.4 Å². The van der Waals surface area contributed by atoms with Crippen molar-refractivity contribution < 1.29 is 0 Å². The molecule has 112 valence electrons. The number of para-hydroxylation sites is 1. The summed E-state index contributed by atoms with van der Waals surface area (Å²) in [5.41, 5.74) is 3.90. The van der Waals surface area contributed by atoms with Gasteiger partial charge >= 0.3 is 0 Å². The first-order valence-electron chi connectivity index (χ1n) is 8.02. The zero-order chi connectivity index (χ0) is 15.6. The van der Waals surface area contributed by atoms with E-state index in [9.17, 15) is 0 Å². The molecule has 0 aliphatic carbocycles. The Kier molecular flexibility index (Phi) is 3.47. The summed E-state index contributed by atoms with van der Waals surface area (Å²) in [7, 11) is 1.98. The van der Waals surface area contributed by atoms with Crippen molar-refractivity contribution in [3.8, 4) is 0 Å². The maximum Gasteiger partial charge on any atom is 0.0373 e. The molecule has 0 aromatic heterocycles. The highest BCUT2D eigenvalue weighted by atomic mass is 14.8. The van der Waals surface area contributed by atoms with Crippen molar-refractivity contribution in [1.82, 2.24) is 0 Å². The van der Waals surface area contributed by atoms with Gasteiger partial charge in [0.25, 0.3) is 0 Å². The molecular formula is C22H19N. The summed E-state index contributed by atoms with van der Waals surface area (Å²) >= 11 is 0. The first-order chi connectivity index (χ1) is 11.4. The molecule has 0 fully saturated rings. The van der Waals surface area contributed by atoms with Gasteiger partial charge in [-0.25, -0.2) is 0 Å². The minimum atomic E-state index is 0.933. The molecule has 0 aliphatic heterocycles. The minimum Gasteiger partial charge on any atom is -0.388 e. The van der Waals surface area contributed by atoms with Gasteiger partial charge in [-0.2, -0.15) is 0 Å². The molecule has 1 heteroatoms. The number of fused-ring (bicyclic) bond motifs is 3. The molecule has 0 bridgehead atoms. The minimum absolute atomic E-state index is 0.933. The molecule has 0 radical (unpaired) electrons. The molecule has 0 spiro atoms. The number of hydrogen-bond donors (Lipinski definition) is 1. The maximum absolute atomic E-state index is 3.30. The lowest BCUT2D eigenvalue weighted by Crippen LogP contribution is -1.97. The van der Waals surface area contributed by atoms with Crippen LogP contribution in [0.25, 0.3) is 21.5 Å². The van der Waals surface area contributed by atoms with E-state index in [2.05, 4.69) is 84.2 Å². The van der Waals surface area contributed by atoms with E-state index in [0.29, 0.717) is 0 Å². The predicted molar refractivity (Wildman–Crippen MR) is 100 cm³/mol. The molecule has 1 nitrogen and oxygen atoms in total. The molecule has 1 N–H and O–H groups in total. The summed E-state index contributed by atoms with van der Waals surface area (Å²) in [6.45, 7) is 0. The molecule has 4 rings (SSSR count). The van der Waals surface area contributed by atoms with Crippen LogP contribution in [0.1, 0.15) is 11.1 Å². The fourth-order valence-corrected chi connectivity index (χ4v) is 3.40. The van der Waals surface area contributed by atoms with Crippen LogP contribution in [-0.4, -0.2) is 7.05 Å². The van der Waals surface area contributed by atoms with Crippen LogP contribution in [0.3, 0.4) is 0 Å². The highest BCUT2D eigenvalue weighted by Crippen LogP contribution is 2.31. The number of anilines is 1. The third-order valence-electron chi connectivity index (χ3n) is 4.52. The van der Waals surface area contributed by atoms with Crippen LogP contribution < -0.4 is 5.32 Å². The predicted octanol–water partition coefficient (Wildman–Crippen LogP) is 5.63. The standard InChI is InChI=1S/C22H19N/c1-23-22-13-7-3-9-17(22)15-18-14-16-8-2-4-10-19(16)21-12-6-5-11-20(18)21/h2-14,23H,15H2,1H3. The lowest BCUT2D eigenvalue weighted by atomic mass is 9.93. The molecule has 23 heavy (non-hydrogen) atoms. The van der Waals surface area contributed by atoms with Crippen LogP contribution in [0.15, 0.2) is 78.9 Å². The van der Waals surface area contributed by atoms with Crippen molar-refractivity contribution in [1.29, 1.82) is 0 Å². The number of rotatable bonds is 3. The molecule has 0 saturated carbocycles. The summed E-state index contributed by atoms with van der Waals surface area (Å²) in [6.07, 6.45) is 0.933. The van der Waals surface area contributed by atoms with Crippen molar-refractivity contribution in [2.45, 2.75) is 6.42 Å². The monoisotopic (exact) mass is 297 g/mol. The van der Waals surface area contributed by atoms with Crippen LogP contribution in [-0.2, 0) is 6.42 Å². The van der Waals surface area contributed by atoms with Crippen LogP contribution in [0.4, 0.5) is 5.69 Å². The van der Waals surface area contributed by atoms with Crippen LogP contribution in [0.5, 0.6) is 0 Å². The van der Waals surface area contributed by atoms with E-state index in [-0.39, 0.29) is 0 Å². The lowest BCUT2D eigenvalue weighted by molar-refractivity contribution is 1.21. The first-order valence-corrected chi connectivity index (χ1v) is 8.02. The van der Waals surface area contributed by atoms with E-state index in [1.54, 1.807) is 0 Å². The Morgan fingerprint density at radius 1 is 0.652 bits per heavy atom. The van der Waals surface area contributed by atoms with Crippen LogP contribution in [0, 0.1) is 0 Å². The highest BCUT2D eigenvalue weighted by molar-refractivity contribution is 6.09. The smallest absolute Gasteiger partial charge is 0.0373 e. The van der Waals surface area contributed by atoms with Gasteiger partial charge < -0.3 is 5.32 Å². The second-order valence-corrected chi connectivity index (χ2v) is 5.89. The van der Waals surface area contributed by atoms with Crippen molar-refractivity contribution in [3.05, 3.63) is 90.0 Å². The Labute approximate surface area is 136 Å². The third-order valence-corrected chi connectivity index (χ3v) is 4.52. The zero-order valence-corrected chi connectivity index (χ0v) is 13.2. The fourth-order valence-electron chi connectivity index (χ4n) is 3.40. The van der Waals surface area contributed by atoms with E-state index in [0.717, 1.165) is 6.42 Å². The quantitative estimate of drug-likeness (QED) is 0.483. The number of benzene rings is 4. The second kappa shape index (κ2) is 5.77. The van der Waals surface area contributed by atoms with Crippen molar-refractivity contribution >= 4 is 27.2 Å². The molecule has 0 saturated heterocycles. The summed E-state index contributed by atoms with van der Waals surface area (Å²) in [5.74, 6) is 0. The molecule has 0 amide bonds. The van der Waals surface area contributed by atoms with E-state index < -0.39 is 0 Å². The largest absolute Gasteiger partial charge is 0.388 e. The zero-order valence-electron chi connectivity index (χ0n) is 13.2. The summed E-state index contributed by atoms with van der Waals surface area (Å²) in [6, 6.07) is 28.2. The van der Waals surface area contributed by atoms with Gasteiger partial charge in [0.15, 0.2) is 0 Å². The molecule has 0 aliphatic rings. The number of hydrogen-bond acceptors (Lipinski definition) is 1. The Hall–Kier alpha value is -2.80. The van der Waals surface area contributed by atoms with Gasteiger partial charge in [-0.1, -0.05) is 72.8 Å². The summed E-state index contributed by atoms with van der Waals surface area (Å²) < 4.78 is 0. The maximum atomic E-state index is 3.30. The lowest BCUT2D eigenvalue weighted by Gasteiger charge is -2.13. The molecule has 4 aromatic carbocycles. The van der Waals surface area contributed by atoms with Crippen molar-refractivity contribution in [2.24, 2.45) is 0 Å². The SMILES string of the molecule is CNc1ccccc1Cc1cc2ccccc2c2ccccc12. The van der Waals surface area contributed by atoms with Gasteiger partial charge in [0, 0.05) is 19.2 Å². The van der Waals surface area contributed by atoms with Crippen molar-refractivity contribution in [3.63, 3.8) is 0 Å². The van der Waals surface area contributed by atoms with E-state index in [1.807, 2.05) is 7.05 Å². The normalized spacial score (nSPS) is 11.0. The van der Waals surface area contributed by atoms with Gasteiger partial charge in [-0.15, -0.1) is 0 Å². The van der Waals surface area contributed by atoms with Gasteiger partial charge in [0.2, 0.25) is 0 Å². The van der Waals surface area contributed by atoms with Gasteiger partial charge in [0.1, 0.15) is 0 Å². The van der Waals surface area contributed by atoms with Crippen LogP contribution >= 0.6 is 0 Å². The Balaban J connectivity index is 1.95. The van der Waals surface area contributed by atoms with Crippen molar-refractivity contribution in [2.75, 3.05) is 12.4 Å². The molecular weight excluding hydrogens is 278 g/mol. The summed E-state index contributed by atoms with van der Waals surface area (Å²) in [5, 5.41) is 8.62. The van der Waals surface area contributed by atoms with Gasteiger partial charge in [-0.05, 0) is 38.7 Å². The molecule has 0 atom stereocenters. The average molecular weight is 297 g/mol. The first kappa shape index (κ1) is 13.8. The van der Waals surface area contributed by atoms with Crippen LogP contribution in [0.2, 0.25) is 0 Å². The molecule has 4 aromatic rings. The van der Waals surface area contributed by atoms with Gasteiger partial charge in [0.05, 0.1) is 0 Å². The fraction of sp³-hybridized carbons (Fsp3) is 0.0909. The third kappa shape index (κ3) is 2.44. The topological polar surface area (TPSA) is 12.0 Å². The number of nitrogens with one attached hydrogen (secondary N) is 1. The Morgan fingerprint density at radius 3 is 2.13 bits per heavy atom. The average Bonchev–Trinajstić information content (AvgIpc) is 2.62. The van der Waals surface area contributed by atoms with E-state index in [4.69, 9.17) is 0 Å². The Morgan fingerprint density at radius 2 is 1.30 bits per heavy atom. The summed E-state index contributed by atoms with van der Waals surface area (Å²) in [4.78, 5) is 0. The highest BCUT2D eigenvalue weighted by Gasteiger charge is 2.08.